The Morgan fingerprint density at radius 3 is 2.81 bits per heavy atom. The van der Waals surface area contributed by atoms with Gasteiger partial charge in [-0.05, 0) is 50.9 Å². The average molecular weight is 360 g/mol. The highest BCUT2D eigenvalue weighted by Gasteiger charge is 2.24. The first-order chi connectivity index (χ1) is 12.7. The second-order valence-corrected chi connectivity index (χ2v) is 7.75. The van der Waals surface area contributed by atoms with Crippen LogP contribution in [0.1, 0.15) is 65.2 Å². The minimum absolute atomic E-state index is 0.203. The van der Waals surface area contributed by atoms with Gasteiger partial charge in [-0.2, -0.15) is 0 Å². The first-order valence-corrected chi connectivity index (χ1v) is 10.3. The van der Waals surface area contributed by atoms with Crippen molar-refractivity contribution in [3.05, 3.63) is 12.4 Å². The SMILES string of the molecule is CCC(CC)NC(=O)CCC1CCCN(c2cc(NC3CC3)ncn2)C1. The maximum atomic E-state index is 12.2. The van der Waals surface area contributed by atoms with Crippen LogP contribution in [0.25, 0.3) is 0 Å². The zero-order valence-electron chi connectivity index (χ0n) is 16.2. The Labute approximate surface area is 157 Å². The number of anilines is 2. The molecular formula is C20H33N5O. The third kappa shape index (κ3) is 5.58. The second-order valence-electron chi connectivity index (χ2n) is 7.75. The maximum Gasteiger partial charge on any atom is 0.220 e. The van der Waals surface area contributed by atoms with Crippen LogP contribution in [-0.4, -0.2) is 41.0 Å². The molecule has 1 saturated carbocycles. The first-order valence-electron chi connectivity index (χ1n) is 10.3. The maximum absolute atomic E-state index is 12.2. The van der Waals surface area contributed by atoms with Gasteiger partial charge in [-0.1, -0.05) is 13.8 Å². The summed E-state index contributed by atoms with van der Waals surface area (Å²) >= 11 is 0. The van der Waals surface area contributed by atoms with Gasteiger partial charge in [-0.15, -0.1) is 0 Å². The number of piperidine rings is 1. The number of nitrogens with zero attached hydrogens (tertiary/aromatic N) is 3. The van der Waals surface area contributed by atoms with E-state index >= 15 is 0 Å². The third-order valence-corrected chi connectivity index (χ3v) is 5.56. The van der Waals surface area contributed by atoms with Crippen LogP contribution in [0, 0.1) is 5.92 Å². The van der Waals surface area contributed by atoms with Gasteiger partial charge in [0, 0.05) is 37.7 Å². The van der Waals surface area contributed by atoms with Gasteiger partial charge in [-0.25, -0.2) is 9.97 Å². The minimum atomic E-state index is 0.203. The molecule has 0 aromatic carbocycles. The van der Waals surface area contributed by atoms with E-state index < -0.39 is 0 Å². The van der Waals surface area contributed by atoms with Crippen LogP contribution >= 0.6 is 0 Å². The number of amides is 1. The molecule has 0 radical (unpaired) electrons. The number of carbonyl (C=O) groups is 1. The number of carbonyl (C=O) groups excluding carboxylic acids is 1. The van der Waals surface area contributed by atoms with E-state index in [9.17, 15) is 4.79 Å². The third-order valence-electron chi connectivity index (χ3n) is 5.56. The van der Waals surface area contributed by atoms with Crippen LogP contribution in [-0.2, 0) is 4.79 Å². The van der Waals surface area contributed by atoms with Crippen LogP contribution in [0.2, 0.25) is 0 Å². The van der Waals surface area contributed by atoms with Gasteiger partial charge in [0.05, 0.1) is 0 Å². The van der Waals surface area contributed by atoms with Crippen LogP contribution in [0.3, 0.4) is 0 Å². The normalized spacial score (nSPS) is 20.3. The van der Waals surface area contributed by atoms with E-state index in [0.717, 1.165) is 50.4 Å². The molecule has 0 bridgehead atoms. The fraction of sp³-hybridized carbons (Fsp3) is 0.750. The van der Waals surface area contributed by atoms with E-state index in [1.807, 2.05) is 0 Å². The lowest BCUT2D eigenvalue weighted by Gasteiger charge is -2.33. The topological polar surface area (TPSA) is 70.2 Å². The van der Waals surface area contributed by atoms with Crippen molar-refractivity contribution in [1.29, 1.82) is 0 Å². The Hall–Kier alpha value is -1.85. The zero-order valence-corrected chi connectivity index (χ0v) is 16.2. The molecule has 26 heavy (non-hydrogen) atoms. The van der Waals surface area contributed by atoms with E-state index in [1.54, 1.807) is 6.33 Å². The quantitative estimate of drug-likeness (QED) is 0.707. The molecule has 1 unspecified atom stereocenters. The summed E-state index contributed by atoms with van der Waals surface area (Å²) in [4.78, 5) is 23.3. The molecule has 0 spiro atoms. The number of hydrogen-bond donors (Lipinski definition) is 2. The Kier molecular flexibility index (Phi) is 6.69. The number of rotatable bonds is 9. The minimum Gasteiger partial charge on any atom is -0.367 e. The molecule has 1 aromatic rings. The van der Waals surface area contributed by atoms with Gasteiger partial charge >= 0.3 is 0 Å². The van der Waals surface area contributed by atoms with Gasteiger partial charge in [0.25, 0.3) is 0 Å². The smallest absolute Gasteiger partial charge is 0.220 e. The van der Waals surface area contributed by atoms with E-state index in [1.165, 1.54) is 19.3 Å². The lowest BCUT2D eigenvalue weighted by molar-refractivity contribution is -0.122. The molecule has 1 amide bonds. The predicted octanol–water partition coefficient (Wildman–Crippen LogP) is 3.35. The fourth-order valence-corrected chi connectivity index (χ4v) is 3.67. The summed E-state index contributed by atoms with van der Waals surface area (Å²) in [6.45, 7) is 6.28. The molecule has 3 rings (SSSR count). The Balaban J connectivity index is 1.48. The summed E-state index contributed by atoms with van der Waals surface area (Å²) < 4.78 is 0. The van der Waals surface area contributed by atoms with Crippen molar-refractivity contribution in [1.82, 2.24) is 15.3 Å². The lowest BCUT2D eigenvalue weighted by Crippen LogP contribution is -2.37. The molecule has 6 heteroatoms. The Morgan fingerprint density at radius 2 is 2.08 bits per heavy atom. The van der Waals surface area contributed by atoms with Crippen LogP contribution in [0.5, 0.6) is 0 Å². The molecule has 1 aliphatic carbocycles. The first kappa shape index (κ1) is 18.9. The molecule has 2 aliphatic rings. The number of hydrogen-bond acceptors (Lipinski definition) is 5. The molecule has 1 aromatic heterocycles. The van der Waals surface area contributed by atoms with E-state index in [-0.39, 0.29) is 5.91 Å². The lowest BCUT2D eigenvalue weighted by atomic mass is 9.93. The standard InChI is InChI=1S/C20H33N5O/c1-3-16(4-2)24-20(26)10-7-15-6-5-11-25(13-15)19-12-18(21-14-22-19)23-17-8-9-17/h12,14-17H,3-11,13H2,1-2H3,(H,24,26)(H,21,22,23). The van der Waals surface area contributed by atoms with Crippen LogP contribution in [0.4, 0.5) is 11.6 Å². The highest BCUT2D eigenvalue weighted by Crippen LogP contribution is 2.27. The van der Waals surface area contributed by atoms with Gasteiger partial charge in [-0.3, -0.25) is 4.79 Å². The number of nitrogens with one attached hydrogen (secondary N) is 2. The van der Waals surface area contributed by atoms with Gasteiger partial charge in [0.2, 0.25) is 5.91 Å². The van der Waals surface area contributed by atoms with Crippen molar-refractivity contribution < 1.29 is 4.79 Å². The zero-order chi connectivity index (χ0) is 18.4. The molecule has 144 valence electrons. The van der Waals surface area contributed by atoms with Crippen LogP contribution < -0.4 is 15.5 Å². The van der Waals surface area contributed by atoms with Gasteiger partial charge in [0.1, 0.15) is 18.0 Å². The summed E-state index contributed by atoms with van der Waals surface area (Å²) in [5.41, 5.74) is 0. The predicted molar refractivity (Wildman–Crippen MR) is 105 cm³/mol. The van der Waals surface area contributed by atoms with E-state index in [4.69, 9.17) is 0 Å². The molecule has 1 atom stereocenters. The fourth-order valence-electron chi connectivity index (χ4n) is 3.67. The molecule has 1 saturated heterocycles. The molecule has 2 fully saturated rings. The highest BCUT2D eigenvalue weighted by atomic mass is 16.1. The largest absolute Gasteiger partial charge is 0.367 e. The summed E-state index contributed by atoms with van der Waals surface area (Å²) in [5, 5.41) is 6.59. The number of aromatic nitrogens is 2. The summed E-state index contributed by atoms with van der Waals surface area (Å²) in [6.07, 6.45) is 10.1. The summed E-state index contributed by atoms with van der Waals surface area (Å²) in [5.74, 6) is 2.71. The summed E-state index contributed by atoms with van der Waals surface area (Å²) in [7, 11) is 0. The van der Waals surface area contributed by atoms with Crippen LogP contribution in [0.15, 0.2) is 12.4 Å². The second kappa shape index (κ2) is 9.19. The van der Waals surface area contributed by atoms with Gasteiger partial charge < -0.3 is 15.5 Å². The Bertz CT molecular complexity index is 585. The molecule has 2 heterocycles. The molecule has 2 N–H and O–H groups in total. The molecular weight excluding hydrogens is 326 g/mol. The van der Waals surface area contributed by atoms with Crippen molar-refractivity contribution in [3.8, 4) is 0 Å². The van der Waals surface area contributed by atoms with Gasteiger partial charge in [0.15, 0.2) is 0 Å². The van der Waals surface area contributed by atoms with E-state index in [2.05, 4.69) is 45.4 Å². The highest BCUT2D eigenvalue weighted by molar-refractivity contribution is 5.76. The van der Waals surface area contributed by atoms with Crippen molar-refractivity contribution in [2.75, 3.05) is 23.3 Å². The molecule has 6 nitrogen and oxygen atoms in total. The Morgan fingerprint density at radius 1 is 1.27 bits per heavy atom. The molecule has 1 aliphatic heterocycles. The van der Waals surface area contributed by atoms with Crippen molar-refractivity contribution in [2.45, 2.75) is 77.3 Å². The van der Waals surface area contributed by atoms with Crippen molar-refractivity contribution in [2.24, 2.45) is 5.92 Å². The summed E-state index contributed by atoms with van der Waals surface area (Å²) in [6, 6.07) is 2.99. The van der Waals surface area contributed by atoms with Crippen molar-refractivity contribution >= 4 is 17.5 Å². The monoisotopic (exact) mass is 359 g/mol. The van der Waals surface area contributed by atoms with Crippen molar-refractivity contribution in [3.63, 3.8) is 0 Å². The average Bonchev–Trinajstić information content (AvgIpc) is 3.49. The van der Waals surface area contributed by atoms with E-state index in [0.29, 0.717) is 24.4 Å².